The summed E-state index contributed by atoms with van der Waals surface area (Å²) in [5, 5.41) is 2.71. The number of anilines is 1. The van der Waals surface area contributed by atoms with Gasteiger partial charge in [0.05, 0.1) is 4.90 Å². The third-order valence-corrected chi connectivity index (χ3v) is 4.83. The van der Waals surface area contributed by atoms with Gasteiger partial charge in [-0.3, -0.25) is 9.52 Å². The summed E-state index contributed by atoms with van der Waals surface area (Å²) in [6, 6.07) is 12.8. The summed E-state index contributed by atoms with van der Waals surface area (Å²) in [4.78, 5) is 12.1. The van der Waals surface area contributed by atoms with Gasteiger partial charge in [0.15, 0.2) is 0 Å². The van der Waals surface area contributed by atoms with Crippen LogP contribution in [0.5, 0.6) is 0 Å². The molecule has 0 bridgehead atoms. The average molecular weight is 361 g/mol. The highest BCUT2D eigenvalue weighted by atomic mass is 32.2. The van der Waals surface area contributed by atoms with E-state index in [0.717, 1.165) is 5.56 Å². The SMILES string of the molecule is Cc1ccc(NS(=O)(=O)c2ccc(C(=O)NCC(C)(C)N)cc2)cc1. The van der Waals surface area contributed by atoms with Gasteiger partial charge in [-0.15, -0.1) is 0 Å². The van der Waals surface area contributed by atoms with Crippen LogP contribution in [0, 0.1) is 6.92 Å². The van der Waals surface area contributed by atoms with E-state index < -0.39 is 15.6 Å². The van der Waals surface area contributed by atoms with E-state index in [1.54, 1.807) is 26.0 Å². The van der Waals surface area contributed by atoms with Crippen molar-refractivity contribution in [3.05, 3.63) is 59.7 Å². The molecule has 0 aliphatic rings. The van der Waals surface area contributed by atoms with Crippen molar-refractivity contribution in [3.63, 3.8) is 0 Å². The Hall–Kier alpha value is -2.38. The van der Waals surface area contributed by atoms with Crippen LogP contribution in [-0.4, -0.2) is 26.4 Å². The van der Waals surface area contributed by atoms with Crippen LogP contribution in [0.15, 0.2) is 53.4 Å². The lowest BCUT2D eigenvalue weighted by Crippen LogP contribution is -2.45. The molecule has 1 amide bonds. The van der Waals surface area contributed by atoms with E-state index in [9.17, 15) is 13.2 Å². The van der Waals surface area contributed by atoms with Crippen molar-refractivity contribution in [2.45, 2.75) is 31.2 Å². The van der Waals surface area contributed by atoms with Crippen molar-refractivity contribution in [1.82, 2.24) is 5.32 Å². The Kier molecular flexibility index (Phi) is 5.49. The van der Waals surface area contributed by atoms with Crippen LogP contribution in [0.1, 0.15) is 29.8 Å². The highest BCUT2D eigenvalue weighted by Gasteiger charge is 2.16. The topological polar surface area (TPSA) is 101 Å². The van der Waals surface area contributed by atoms with Gasteiger partial charge in [0.2, 0.25) is 0 Å². The summed E-state index contributed by atoms with van der Waals surface area (Å²) in [7, 11) is -3.71. The van der Waals surface area contributed by atoms with Crippen molar-refractivity contribution in [3.8, 4) is 0 Å². The van der Waals surface area contributed by atoms with Crippen LogP contribution in [0.2, 0.25) is 0 Å². The standard InChI is InChI=1S/C18H23N3O3S/c1-13-4-8-15(9-5-13)21-25(23,24)16-10-6-14(7-11-16)17(22)20-12-18(2,3)19/h4-11,21H,12,19H2,1-3H3,(H,20,22). The maximum atomic E-state index is 12.4. The van der Waals surface area contributed by atoms with Crippen molar-refractivity contribution >= 4 is 21.6 Å². The first-order chi connectivity index (χ1) is 11.6. The first kappa shape index (κ1) is 19.0. The second kappa shape index (κ2) is 7.25. The normalized spacial score (nSPS) is 11.8. The number of carbonyl (C=O) groups excluding carboxylic acids is 1. The van der Waals surface area contributed by atoms with Gasteiger partial charge < -0.3 is 11.1 Å². The van der Waals surface area contributed by atoms with Gasteiger partial charge in [-0.1, -0.05) is 17.7 Å². The van der Waals surface area contributed by atoms with Crippen LogP contribution in [0.25, 0.3) is 0 Å². The van der Waals surface area contributed by atoms with Crippen LogP contribution in [-0.2, 0) is 10.0 Å². The van der Waals surface area contributed by atoms with Gasteiger partial charge in [-0.05, 0) is 57.2 Å². The number of nitrogens with one attached hydrogen (secondary N) is 2. The van der Waals surface area contributed by atoms with Crippen molar-refractivity contribution < 1.29 is 13.2 Å². The predicted octanol–water partition coefficient (Wildman–Crippen LogP) is 2.26. The van der Waals surface area contributed by atoms with Gasteiger partial charge in [-0.2, -0.15) is 0 Å². The van der Waals surface area contributed by atoms with Gasteiger partial charge in [0.1, 0.15) is 0 Å². The molecule has 2 aromatic rings. The summed E-state index contributed by atoms with van der Waals surface area (Å²) in [5.74, 6) is -0.297. The van der Waals surface area contributed by atoms with Crippen LogP contribution in [0.4, 0.5) is 5.69 Å². The Labute approximate surface area is 148 Å². The molecular weight excluding hydrogens is 338 g/mol. The number of rotatable bonds is 6. The molecule has 0 heterocycles. The number of nitrogens with two attached hydrogens (primary N) is 1. The van der Waals surface area contributed by atoms with Crippen LogP contribution < -0.4 is 15.8 Å². The molecule has 0 aromatic heterocycles. The summed E-state index contributed by atoms with van der Waals surface area (Å²) >= 11 is 0. The zero-order chi connectivity index (χ0) is 18.7. The van der Waals surface area contributed by atoms with E-state index in [2.05, 4.69) is 10.0 Å². The Morgan fingerprint density at radius 3 is 2.12 bits per heavy atom. The smallest absolute Gasteiger partial charge is 0.261 e. The minimum atomic E-state index is -3.71. The monoisotopic (exact) mass is 361 g/mol. The van der Waals surface area contributed by atoms with E-state index in [1.807, 2.05) is 19.1 Å². The molecule has 7 heteroatoms. The van der Waals surface area contributed by atoms with Gasteiger partial charge in [-0.25, -0.2) is 8.42 Å². The minimum Gasteiger partial charge on any atom is -0.350 e. The first-order valence-electron chi connectivity index (χ1n) is 7.83. The Morgan fingerprint density at radius 2 is 1.60 bits per heavy atom. The molecule has 2 rings (SSSR count). The molecule has 0 radical (unpaired) electrons. The molecule has 0 saturated carbocycles. The van der Waals surface area contributed by atoms with E-state index in [0.29, 0.717) is 17.8 Å². The maximum Gasteiger partial charge on any atom is 0.261 e. The molecule has 0 saturated heterocycles. The fraction of sp³-hybridized carbons (Fsp3) is 0.278. The van der Waals surface area contributed by atoms with Crippen molar-refractivity contribution in [2.24, 2.45) is 5.73 Å². The molecule has 0 aliphatic heterocycles. The van der Waals surface area contributed by atoms with Crippen LogP contribution in [0.3, 0.4) is 0 Å². The van der Waals surface area contributed by atoms with Crippen molar-refractivity contribution in [1.29, 1.82) is 0 Å². The minimum absolute atomic E-state index is 0.0868. The summed E-state index contributed by atoms with van der Waals surface area (Å²) < 4.78 is 27.3. The number of sulfonamides is 1. The Morgan fingerprint density at radius 1 is 1.04 bits per heavy atom. The molecule has 6 nitrogen and oxygen atoms in total. The quantitative estimate of drug-likeness (QED) is 0.734. The van der Waals surface area contributed by atoms with E-state index >= 15 is 0 Å². The third-order valence-electron chi connectivity index (χ3n) is 3.44. The Balaban J connectivity index is 2.10. The highest BCUT2D eigenvalue weighted by Crippen LogP contribution is 2.17. The fourth-order valence-corrected chi connectivity index (χ4v) is 3.09. The molecule has 0 atom stereocenters. The molecule has 2 aromatic carbocycles. The predicted molar refractivity (Wildman–Crippen MR) is 99.0 cm³/mol. The Bertz CT molecular complexity index is 837. The molecule has 0 aliphatic carbocycles. The lowest BCUT2D eigenvalue weighted by molar-refractivity contribution is 0.0946. The number of hydrogen-bond acceptors (Lipinski definition) is 4. The second-order valence-corrected chi connectivity index (χ2v) is 8.35. The lowest BCUT2D eigenvalue weighted by atomic mass is 10.1. The molecule has 0 fully saturated rings. The first-order valence-corrected chi connectivity index (χ1v) is 9.32. The van der Waals surface area contributed by atoms with Crippen molar-refractivity contribution in [2.75, 3.05) is 11.3 Å². The number of aryl methyl sites for hydroxylation is 1. The van der Waals surface area contributed by atoms with Crippen LogP contribution >= 0.6 is 0 Å². The number of hydrogen-bond donors (Lipinski definition) is 3. The van der Waals surface area contributed by atoms with Gasteiger partial charge in [0, 0.05) is 23.3 Å². The zero-order valence-corrected chi connectivity index (χ0v) is 15.4. The second-order valence-electron chi connectivity index (χ2n) is 6.67. The largest absolute Gasteiger partial charge is 0.350 e. The number of amides is 1. The molecule has 134 valence electrons. The summed E-state index contributed by atoms with van der Waals surface area (Å²) in [5.41, 5.74) is 7.20. The third kappa shape index (κ3) is 5.58. The lowest BCUT2D eigenvalue weighted by Gasteiger charge is -2.18. The highest BCUT2D eigenvalue weighted by molar-refractivity contribution is 7.92. The number of carbonyl (C=O) groups is 1. The molecule has 25 heavy (non-hydrogen) atoms. The average Bonchev–Trinajstić information content (AvgIpc) is 2.54. The molecule has 0 spiro atoms. The van der Waals surface area contributed by atoms with Gasteiger partial charge >= 0.3 is 0 Å². The summed E-state index contributed by atoms with van der Waals surface area (Å²) in [6.07, 6.45) is 0. The number of benzene rings is 2. The molecule has 4 N–H and O–H groups in total. The summed E-state index contributed by atoms with van der Waals surface area (Å²) in [6.45, 7) is 5.86. The zero-order valence-electron chi connectivity index (χ0n) is 14.5. The van der Waals surface area contributed by atoms with Gasteiger partial charge in [0.25, 0.3) is 15.9 Å². The van der Waals surface area contributed by atoms with E-state index in [4.69, 9.17) is 5.73 Å². The van der Waals surface area contributed by atoms with E-state index in [-0.39, 0.29) is 10.8 Å². The van der Waals surface area contributed by atoms with E-state index in [1.165, 1.54) is 24.3 Å². The molecular formula is C18H23N3O3S. The maximum absolute atomic E-state index is 12.4. The fourth-order valence-electron chi connectivity index (χ4n) is 2.03. The molecule has 0 unspecified atom stereocenters.